The summed E-state index contributed by atoms with van der Waals surface area (Å²) in [5, 5.41) is 45.0. The van der Waals surface area contributed by atoms with Crippen molar-refractivity contribution in [3.05, 3.63) is 0 Å². The summed E-state index contributed by atoms with van der Waals surface area (Å²) >= 11 is 0. The van der Waals surface area contributed by atoms with Gasteiger partial charge in [-0.2, -0.15) is 0 Å². The van der Waals surface area contributed by atoms with E-state index in [0.29, 0.717) is 0 Å². The van der Waals surface area contributed by atoms with Gasteiger partial charge in [0.25, 0.3) is 0 Å². The number of hydrogen-bond donors (Lipinski definition) is 5. The number of hydrogen-bond acceptors (Lipinski definition) is 6. The van der Waals surface area contributed by atoms with Crippen LogP contribution >= 0.6 is 0 Å². The number of aliphatic hydroxyl groups excluding tert-OH is 5. The summed E-state index contributed by atoms with van der Waals surface area (Å²) in [5.74, 6) is 0. The summed E-state index contributed by atoms with van der Waals surface area (Å²) in [4.78, 5) is 0. The average molecular weight is 194 g/mol. The Bertz CT molecular complexity index is 151. The highest BCUT2D eigenvalue weighted by Crippen LogP contribution is 2.20. The summed E-state index contributed by atoms with van der Waals surface area (Å²) < 4.78 is 4.76. The third-order valence-electron chi connectivity index (χ3n) is 2.09. The van der Waals surface area contributed by atoms with Crippen LogP contribution in [0.1, 0.15) is 6.42 Å². The van der Waals surface area contributed by atoms with Gasteiger partial charge in [0.15, 0.2) is 6.29 Å². The molecule has 6 nitrogen and oxygen atoms in total. The van der Waals surface area contributed by atoms with Crippen molar-refractivity contribution < 1.29 is 30.3 Å². The molecule has 0 aromatic rings. The van der Waals surface area contributed by atoms with Gasteiger partial charge < -0.3 is 30.3 Å². The molecule has 1 saturated heterocycles. The topological polar surface area (TPSA) is 110 Å². The molecule has 0 aliphatic carbocycles. The predicted octanol–water partition coefficient (Wildman–Crippen LogP) is -2.83. The van der Waals surface area contributed by atoms with E-state index in [0.717, 1.165) is 0 Å². The Morgan fingerprint density at radius 3 is 2.38 bits per heavy atom. The van der Waals surface area contributed by atoms with E-state index in [1.807, 2.05) is 0 Å². The highest BCUT2D eigenvalue weighted by molar-refractivity contribution is 4.83. The lowest BCUT2D eigenvalue weighted by molar-refractivity contribution is -0.264. The zero-order chi connectivity index (χ0) is 10.0. The molecule has 5 N–H and O–H groups in total. The van der Waals surface area contributed by atoms with Crippen molar-refractivity contribution in [2.24, 2.45) is 0 Å². The van der Waals surface area contributed by atoms with E-state index in [-0.39, 0.29) is 6.42 Å². The van der Waals surface area contributed by atoms with Crippen molar-refractivity contribution in [1.29, 1.82) is 0 Å². The number of aliphatic hydroxyl groups is 5. The van der Waals surface area contributed by atoms with Crippen LogP contribution in [0.3, 0.4) is 0 Å². The highest BCUT2D eigenvalue weighted by atomic mass is 16.6. The van der Waals surface area contributed by atoms with Gasteiger partial charge in [0.2, 0.25) is 0 Å². The van der Waals surface area contributed by atoms with Gasteiger partial charge in [-0.05, 0) is 0 Å². The van der Waals surface area contributed by atoms with Crippen LogP contribution in [-0.2, 0) is 4.74 Å². The molecule has 13 heavy (non-hydrogen) atoms. The Morgan fingerprint density at radius 1 is 1.31 bits per heavy atom. The molecule has 5 unspecified atom stereocenters. The van der Waals surface area contributed by atoms with Crippen LogP contribution in [0, 0.1) is 0 Å². The summed E-state index contributed by atoms with van der Waals surface area (Å²) in [6.45, 7) is -0.514. The summed E-state index contributed by atoms with van der Waals surface area (Å²) in [6.07, 6.45) is -6.04. The molecule has 5 atom stereocenters. The van der Waals surface area contributed by atoms with Gasteiger partial charge in [-0.3, -0.25) is 0 Å². The quantitative estimate of drug-likeness (QED) is 0.324. The van der Waals surface area contributed by atoms with Crippen molar-refractivity contribution >= 4 is 0 Å². The lowest BCUT2D eigenvalue weighted by Gasteiger charge is -2.35. The van der Waals surface area contributed by atoms with E-state index in [9.17, 15) is 5.11 Å². The number of ether oxygens (including phenoxy) is 1. The largest absolute Gasteiger partial charge is 0.394 e. The first-order chi connectivity index (χ1) is 6.06. The van der Waals surface area contributed by atoms with E-state index >= 15 is 0 Å². The SMILES string of the molecule is OCC(O)C1CC(O)C(O)C(O)O1. The van der Waals surface area contributed by atoms with Gasteiger partial charge in [0.05, 0.1) is 18.8 Å². The van der Waals surface area contributed by atoms with Crippen LogP contribution < -0.4 is 0 Å². The Hall–Kier alpha value is -0.240. The van der Waals surface area contributed by atoms with Crippen LogP contribution in [0.5, 0.6) is 0 Å². The molecular formula is C7H14O6. The van der Waals surface area contributed by atoms with Crippen LogP contribution in [0.4, 0.5) is 0 Å². The maximum absolute atomic E-state index is 9.18. The molecule has 0 saturated carbocycles. The van der Waals surface area contributed by atoms with E-state index in [2.05, 4.69) is 0 Å². The molecule has 1 aliphatic rings. The third-order valence-corrected chi connectivity index (χ3v) is 2.09. The van der Waals surface area contributed by atoms with Crippen LogP contribution in [-0.4, -0.2) is 62.8 Å². The molecule has 1 heterocycles. The molecule has 1 fully saturated rings. The molecule has 0 bridgehead atoms. The van der Waals surface area contributed by atoms with Gasteiger partial charge in [-0.15, -0.1) is 0 Å². The fraction of sp³-hybridized carbons (Fsp3) is 1.00. The van der Waals surface area contributed by atoms with Crippen molar-refractivity contribution in [1.82, 2.24) is 0 Å². The van der Waals surface area contributed by atoms with E-state index in [4.69, 9.17) is 25.2 Å². The summed E-state index contributed by atoms with van der Waals surface area (Å²) in [6, 6.07) is 0. The first kappa shape index (κ1) is 10.8. The van der Waals surface area contributed by atoms with Crippen molar-refractivity contribution in [2.45, 2.75) is 37.1 Å². The minimum absolute atomic E-state index is 0.0139. The van der Waals surface area contributed by atoms with Crippen molar-refractivity contribution in [3.63, 3.8) is 0 Å². The second kappa shape index (κ2) is 4.32. The fourth-order valence-corrected chi connectivity index (χ4v) is 1.25. The Morgan fingerprint density at radius 2 is 1.92 bits per heavy atom. The van der Waals surface area contributed by atoms with Crippen LogP contribution in [0.25, 0.3) is 0 Å². The molecule has 1 aliphatic heterocycles. The lowest BCUT2D eigenvalue weighted by atomic mass is 9.99. The lowest BCUT2D eigenvalue weighted by Crippen LogP contribution is -2.52. The van der Waals surface area contributed by atoms with Crippen LogP contribution in [0.15, 0.2) is 0 Å². The zero-order valence-corrected chi connectivity index (χ0v) is 6.95. The van der Waals surface area contributed by atoms with Crippen molar-refractivity contribution in [2.75, 3.05) is 6.61 Å². The molecular weight excluding hydrogens is 180 g/mol. The van der Waals surface area contributed by atoms with E-state index in [1.54, 1.807) is 0 Å². The monoisotopic (exact) mass is 194 g/mol. The average Bonchev–Trinajstić information content (AvgIpc) is 2.12. The second-order valence-electron chi connectivity index (χ2n) is 3.11. The van der Waals surface area contributed by atoms with Crippen molar-refractivity contribution in [3.8, 4) is 0 Å². The first-order valence-corrected chi connectivity index (χ1v) is 4.05. The molecule has 1 rings (SSSR count). The van der Waals surface area contributed by atoms with Gasteiger partial charge in [-0.25, -0.2) is 0 Å². The third kappa shape index (κ3) is 2.37. The zero-order valence-electron chi connectivity index (χ0n) is 6.95. The smallest absolute Gasteiger partial charge is 0.183 e. The summed E-state index contributed by atoms with van der Waals surface area (Å²) in [5.41, 5.74) is 0. The van der Waals surface area contributed by atoms with E-state index < -0.39 is 37.3 Å². The Labute approximate surface area is 75.0 Å². The number of rotatable bonds is 2. The Kier molecular flexibility index (Phi) is 3.60. The molecule has 0 amide bonds. The standard InChI is InChI=1S/C7H14O6/c8-2-4(10)5-1-3(9)6(11)7(12)13-5/h3-12H,1-2H2. The minimum Gasteiger partial charge on any atom is -0.394 e. The molecule has 0 aromatic heterocycles. The second-order valence-corrected chi connectivity index (χ2v) is 3.11. The van der Waals surface area contributed by atoms with Gasteiger partial charge in [0.1, 0.15) is 12.2 Å². The van der Waals surface area contributed by atoms with E-state index in [1.165, 1.54) is 0 Å². The van der Waals surface area contributed by atoms with Gasteiger partial charge in [0, 0.05) is 6.42 Å². The Balaban J connectivity index is 2.53. The molecule has 0 spiro atoms. The maximum Gasteiger partial charge on any atom is 0.183 e. The highest BCUT2D eigenvalue weighted by Gasteiger charge is 2.38. The molecule has 0 radical (unpaired) electrons. The molecule has 6 heteroatoms. The van der Waals surface area contributed by atoms with Crippen LogP contribution in [0.2, 0.25) is 0 Å². The molecule has 78 valence electrons. The predicted molar refractivity (Wildman–Crippen MR) is 40.6 cm³/mol. The fourth-order valence-electron chi connectivity index (χ4n) is 1.25. The molecule has 0 aromatic carbocycles. The normalized spacial score (nSPS) is 43.2. The maximum atomic E-state index is 9.18. The first-order valence-electron chi connectivity index (χ1n) is 4.05. The van der Waals surface area contributed by atoms with Gasteiger partial charge in [-0.1, -0.05) is 0 Å². The van der Waals surface area contributed by atoms with Gasteiger partial charge >= 0.3 is 0 Å². The minimum atomic E-state index is -1.52. The summed E-state index contributed by atoms with van der Waals surface area (Å²) in [7, 11) is 0.